The SMILES string of the molecule is Cc1noc(C)c1Cn1cc(N2C(=O)CN(Cc3ccn(C)n3)C2=O)cn1. The molecular formula is C17H19N7O3. The van der Waals surface area contributed by atoms with Crippen molar-refractivity contribution >= 4 is 17.6 Å². The van der Waals surface area contributed by atoms with Crippen LogP contribution in [0.3, 0.4) is 0 Å². The van der Waals surface area contributed by atoms with Crippen molar-refractivity contribution in [1.29, 1.82) is 0 Å². The fraction of sp³-hybridized carbons (Fsp3) is 0.353. The van der Waals surface area contributed by atoms with Crippen molar-refractivity contribution < 1.29 is 14.1 Å². The van der Waals surface area contributed by atoms with Gasteiger partial charge in [0.2, 0.25) is 0 Å². The summed E-state index contributed by atoms with van der Waals surface area (Å²) in [7, 11) is 1.81. The third-order valence-corrected chi connectivity index (χ3v) is 4.54. The van der Waals surface area contributed by atoms with E-state index in [1.807, 2.05) is 19.9 Å². The van der Waals surface area contributed by atoms with Crippen molar-refractivity contribution in [2.75, 3.05) is 11.4 Å². The van der Waals surface area contributed by atoms with Gasteiger partial charge in [0.25, 0.3) is 5.91 Å². The van der Waals surface area contributed by atoms with Gasteiger partial charge in [0.1, 0.15) is 12.3 Å². The Morgan fingerprint density at radius 3 is 2.70 bits per heavy atom. The van der Waals surface area contributed by atoms with Gasteiger partial charge in [-0.3, -0.25) is 14.2 Å². The van der Waals surface area contributed by atoms with Crippen LogP contribution in [0.1, 0.15) is 22.7 Å². The maximum Gasteiger partial charge on any atom is 0.332 e. The van der Waals surface area contributed by atoms with Gasteiger partial charge in [0.15, 0.2) is 0 Å². The second-order valence-electron chi connectivity index (χ2n) is 6.55. The second kappa shape index (κ2) is 6.38. The normalized spacial score (nSPS) is 14.6. The highest BCUT2D eigenvalue weighted by molar-refractivity contribution is 6.19. The first-order valence-electron chi connectivity index (χ1n) is 8.47. The molecule has 1 saturated heterocycles. The van der Waals surface area contributed by atoms with Gasteiger partial charge in [-0.1, -0.05) is 5.16 Å². The summed E-state index contributed by atoms with van der Waals surface area (Å²) in [6.07, 6.45) is 4.98. The Morgan fingerprint density at radius 2 is 2.04 bits per heavy atom. The van der Waals surface area contributed by atoms with E-state index >= 15 is 0 Å². The molecular weight excluding hydrogens is 350 g/mol. The maximum atomic E-state index is 12.7. The summed E-state index contributed by atoms with van der Waals surface area (Å²) >= 11 is 0. The molecule has 1 fully saturated rings. The second-order valence-corrected chi connectivity index (χ2v) is 6.55. The molecule has 4 heterocycles. The van der Waals surface area contributed by atoms with E-state index in [1.54, 1.807) is 28.8 Å². The summed E-state index contributed by atoms with van der Waals surface area (Å²) < 4.78 is 8.47. The van der Waals surface area contributed by atoms with Crippen LogP contribution in [0.15, 0.2) is 29.2 Å². The first-order chi connectivity index (χ1) is 12.9. The Morgan fingerprint density at radius 1 is 1.22 bits per heavy atom. The van der Waals surface area contributed by atoms with Crippen LogP contribution in [0.4, 0.5) is 10.5 Å². The monoisotopic (exact) mass is 369 g/mol. The number of amides is 3. The van der Waals surface area contributed by atoms with Gasteiger partial charge >= 0.3 is 6.03 Å². The molecule has 10 heteroatoms. The fourth-order valence-electron chi connectivity index (χ4n) is 3.11. The molecule has 3 aromatic heterocycles. The number of imide groups is 1. The van der Waals surface area contributed by atoms with E-state index < -0.39 is 0 Å². The zero-order chi connectivity index (χ0) is 19.1. The molecule has 0 aliphatic carbocycles. The van der Waals surface area contributed by atoms with Crippen LogP contribution in [0.2, 0.25) is 0 Å². The molecule has 0 atom stereocenters. The highest BCUT2D eigenvalue weighted by Gasteiger charge is 2.38. The number of rotatable bonds is 5. The number of aryl methyl sites for hydroxylation is 3. The number of hydrogen-bond donors (Lipinski definition) is 0. The van der Waals surface area contributed by atoms with Crippen molar-refractivity contribution in [3.8, 4) is 0 Å². The van der Waals surface area contributed by atoms with E-state index in [2.05, 4.69) is 15.4 Å². The van der Waals surface area contributed by atoms with Crippen LogP contribution in [0.25, 0.3) is 0 Å². The zero-order valence-corrected chi connectivity index (χ0v) is 15.3. The van der Waals surface area contributed by atoms with Crippen LogP contribution in [0.5, 0.6) is 0 Å². The molecule has 1 aliphatic rings. The molecule has 4 rings (SSSR count). The molecule has 0 unspecified atom stereocenters. The molecule has 3 amide bonds. The predicted octanol–water partition coefficient (Wildman–Crippen LogP) is 1.24. The summed E-state index contributed by atoms with van der Waals surface area (Å²) in [4.78, 5) is 27.7. The van der Waals surface area contributed by atoms with Crippen molar-refractivity contribution in [2.45, 2.75) is 26.9 Å². The lowest BCUT2D eigenvalue weighted by atomic mass is 10.2. The molecule has 140 valence electrons. The fourth-order valence-corrected chi connectivity index (χ4v) is 3.11. The third-order valence-electron chi connectivity index (χ3n) is 4.54. The number of anilines is 1. The van der Waals surface area contributed by atoms with Crippen LogP contribution in [-0.4, -0.2) is 48.1 Å². The number of nitrogens with zero attached hydrogens (tertiary/aromatic N) is 7. The molecule has 0 bridgehead atoms. The van der Waals surface area contributed by atoms with Gasteiger partial charge in [-0.15, -0.1) is 0 Å². The first kappa shape index (κ1) is 17.0. The van der Waals surface area contributed by atoms with Crippen molar-refractivity contribution in [3.63, 3.8) is 0 Å². The summed E-state index contributed by atoms with van der Waals surface area (Å²) in [5, 5.41) is 12.4. The third kappa shape index (κ3) is 3.09. The minimum absolute atomic E-state index is 0.0183. The van der Waals surface area contributed by atoms with Crippen molar-refractivity contribution in [1.82, 2.24) is 29.6 Å². The van der Waals surface area contributed by atoms with Gasteiger partial charge in [-0.25, -0.2) is 9.69 Å². The van der Waals surface area contributed by atoms with Crippen LogP contribution in [0, 0.1) is 13.8 Å². The molecule has 10 nitrogen and oxygen atoms in total. The van der Waals surface area contributed by atoms with E-state index in [0.29, 0.717) is 12.2 Å². The van der Waals surface area contributed by atoms with E-state index in [0.717, 1.165) is 27.6 Å². The molecule has 0 radical (unpaired) electrons. The minimum atomic E-state index is -0.373. The lowest BCUT2D eigenvalue weighted by molar-refractivity contribution is -0.116. The quantitative estimate of drug-likeness (QED) is 0.627. The topological polar surface area (TPSA) is 102 Å². The number of aromatic nitrogens is 5. The lowest BCUT2D eigenvalue weighted by Crippen LogP contribution is -2.32. The van der Waals surface area contributed by atoms with Crippen molar-refractivity contribution in [2.24, 2.45) is 7.05 Å². The van der Waals surface area contributed by atoms with Gasteiger partial charge in [-0.2, -0.15) is 10.2 Å². The average molecular weight is 369 g/mol. The van der Waals surface area contributed by atoms with Gasteiger partial charge in [0.05, 0.1) is 36.4 Å². The Hall–Kier alpha value is -3.43. The number of hydrogen-bond acceptors (Lipinski definition) is 6. The molecule has 27 heavy (non-hydrogen) atoms. The molecule has 1 aliphatic heterocycles. The van der Waals surface area contributed by atoms with Crippen molar-refractivity contribution in [3.05, 3.63) is 47.4 Å². The minimum Gasteiger partial charge on any atom is -0.361 e. The molecule has 0 aromatic carbocycles. The Labute approximate surface area is 154 Å². The summed E-state index contributed by atoms with van der Waals surface area (Å²) in [5.74, 6) is 0.437. The van der Waals surface area contributed by atoms with Gasteiger partial charge in [0, 0.05) is 25.0 Å². The highest BCUT2D eigenvalue weighted by Crippen LogP contribution is 2.23. The Balaban J connectivity index is 1.51. The molecule has 3 aromatic rings. The van der Waals surface area contributed by atoms with Gasteiger partial charge in [-0.05, 0) is 19.9 Å². The number of urea groups is 1. The van der Waals surface area contributed by atoms with Crippen LogP contribution < -0.4 is 4.90 Å². The summed E-state index contributed by atoms with van der Waals surface area (Å²) in [5.41, 5.74) is 2.90. The van der Waals surface area contributed by atoms with E-state index in [4.69, 9.17) is 4.52 Å². The van der Waals surface area contributed by atoms with E-state index in [9.17, 15) is 9.59 Å². The lowest BCUT2D eigenvalue weighted by Gasteiger charge is -2.14. The van der Waals surface area contributed by atoms with Crippen LogP contribution in [-0.2, 0) is 24.9 Å². The molecule has 0 N–H and O–H groups in total. The highest BCUT2D eigenvalue weighted by atomic mass is 16.5. The smallest absolute Gasteiger partial charge is 0.332 e. The predicted molar refractivity (Wildman–Crippen MR) is 93.8 cm³/mol. The number of carbonyl (C=O) groups is 2. The standard InChI is InChI=1S/C17H19N7O3/c1-11-15(12(2)27-20-11)9-23-8-14(6-18-23)24-16(25)10-22(17(24)26)7-13-4-5-21(3)19-13/h4-6,8H,7,9-10H2,1-3H3. The van der Waals surface area contributed by atoms with Gasteiger partial charge < -0.3 is 9.42 Å². The zero-order valence-electron chi connectivity index (χ0n) is 15.3. The largest absolute Gasteiger partial charge is 0.361 e. The average Bonchev–Trinajstić information content (AvgIpc) is 3.36. The Kier molecular flexibility index (Phi) is 4.02. The molecule has 0 spiro atoms. The molecule has 0 saturated carbocycles. The maximum absolute atomic E-state index is 12.7. The number of carbonyl (C=O) groups excluding carboxylic acids is 2. The Bertz CT molecular complexity index is 996. The van der Waals surface area contributed by atoms with E-state index in [-0.39, 0.29) is 25.0 Å². The first-order valence-corrected chi connectivity index (χ1v) is 8.47. The van der Waals surface area contributed by atoms with Crippen LogP contribution >= 0.6 is 0 Å². The van der Waals surface area contributed by atoms with E-state index in [1.165, 1.54) is 11.1 Å². The summed E-state index contributed by atoms with van der Waals surface area (Å²) in [6.45, 7) is 4.46. The summed E-state index contributed by atoms with van der Waals surface area (Å²) in [6, 6.07) is 1.45.